The maximum Gasteiger partial charge on any atom is 0.341 e. The number of thiophene rings is 1. The molecule has 0 aliphatic carbocycles. The van der Waals surface area contributed by atoms with Gasteiger partial charge in [-0.2, -0.15) is 0 Å². The van der Waals surface area contributed by atoms with Gasteiger partial charge in [0, 0.05) is 17.4 Å². The number of anilines is 1. The van der Waals surface area contributed by atoms with Gasteiger partial charge >= 0.3 is 11.9 Å². The van der Waals surface area contributed by atoms with Gasteiger partial charge in [0.05, 0.1) is 13.5 Å². The van der Waals surface area contributed by atoms with Crippen molar-refractivity contribution in [2.75, 3.05) is 12.4 Å². The molecule has 0 spiro atoms. The van der Waals surface area contributed by atoms with Gasteiger partial charge in [-0.05, 0) is 5.56 Å². The maximum atomic E-state index is 12.1. The van der Waals surface area contributed by atoms with Crippen LogP contribution in [-0.4, -0.2) is 30.1 Å². The summed E-state index contributed by atoms with van der Waals surface area (Å²) in [6, 6.07) is 9.26. The average Bonchev–Trinajstić information content (AvgIpc) is 2.96. The molecule has 120 valence electrons. The Morgan fingerprint density at radius 1 is 1.17 bits per heavy atom. The summed E-state index contributed by atoms with van der Waals surface area (Å²) in [7, 11) is 1.27. The molecule has 2 N–H and O–H groups in total. The van der Waals surface area contributed by atoms with E-state index in [1.54, 1.807) is 5.38 Å². The highest BCUT2D eigenvalue weighted by Gasteiger charge is 2.22. The number of amides is 1. The van der Waals surface area contributed by atoms with Crippen LogP contribution in [0.1, 0.15) is 23.2 Å². The smallest absolute Gasteiger partial charge is 0.341 e. The van der Waals surface area contributed by atoms with E-state index >= 15 is 0 Å². The van der Waals surface area contributed by atoms with Crippen molar-refractivity contribution >= 4 is 34.2 Å². The molecule has 0 radical (unpaired) electrons. The van der Waals surface area contributed by atoms with Crippen molar-refractivity contribution < 1.29 is 24.2 Å². The lowest BCUT2D eigenvalue weighted by molar-refractivity contribution is -0.138. The molecule has 2 aromatic rings. The van der Waals surface area contributed by atoms with Gasteiger partial charge in [0.2, 0.25) is 5.91 Å². The van der Waals surface area contributed by atoms with E-state index in [2.05, 4.69) is 5.32 Å². The van der Waals surface area contributed by atoms with Crippen molar-refractivity contribution in [2.24, 2.45) is 0 Å². The summed E-state index contributed by atoms with van der Waals surface area (Å²) in [5, 5.41) is 13.3. The van der Waals surface area contributed by atoms with Gasteiger partial charge in [0.15, 0.2) is 0 Å². The molecule has 0 aliphatic heterocycles. The molecule has 0 saturated carbocycles. The minimum Gasteiger partial charge on any atom is -0.481 e. The fourth-order valence-corrected chi connectivity index (χ4v) is 2.97. The van der Waals surface area contributed by atoms with Crippen LogP contribution in [0.15, 0.2) is 35.7 Å². The molecule has 0 bridgehead atoms. The number of carboxylic acids is 1. The van der Waals surface area contributed by atoms with Gasteiger partial charge in [-0.3, -0.25) is 9.59 Å². The minimum atomic E-state index is -1.05. The number of methoxy groups -OCH3 is 1. The molecule has 1 aromatic carbocycles. The predicted octanol–water partition coefficient (Wildman–Crippen LogP) is 3.01. The lowest BCUT2D eigenvalue weighted by Gasteiger charge is -2.07. The SMILES string of the molecule is COC(=O)c1c(-c2ccccc2)csc1NC(=O)CCC(=O)O. The molecular formula is C16H15NO5S. The summed E-state index contributed by atoms with van der Waals surface area (Å²) in [4.78, 5) is 34.4. The van der Waals surface area contributed by atoms with Gasteiger partial charge in [-0.15, -0.1) is 11.3 Å². The highest BCUT2D eigenvalue weighted by molar-refractivity contribution is 7.15. The van der Waals surface area contributed by atoms with Gasteiger partial charge < -0.3 is 15.2 Å². The molecule has 0 aliphatic rings. The van der Waals surface area contributed by atoms with Crippen LogP contribution in [-0.2, 0) is 14.3 Å². The Bertz CT molecular complexity index is 723. The maximum absolute atomic E-state index is 12.1. The van der Waals surface area contributed by atoms with Gasteiger partial charge in [0.25, 0.3) is 0 Å². The lowest BCUT2D eigenvalue weighted by atomic mass is 10.0. The lowest BCUT2D eigenvalue weighted by Crippen LogP contribution is -2.15. The van der Waals surface area contributed by atoms with Crippen LogP contribution < -0.4 is 5.32 Å². The number of carbonyl (C=O) groups is 3. The van der Waals surface area contributed by atoms with Crippen molar-refractivity contribution in [3.05, 3.63) is 41.3 Å². The summed E-state index contributed by atoms with van der Waals surface area (Å²) in [5.41, 5.74) is 1.76. The van der Waals surface area contributed by atoms with Gasteiger partial charge in [-0.25, -0.2) is 4.79 Å². The molecule has 2 rings (SSSR count). The van der Waals surface area contributed by atoms with Gasteiger partial charge in [-0.1, -0.05) is 30.3 Å². The molecule has 6 nitrogen and oxygen atoms in total. The van der Waals surface area contributed by atoms with Crippen LogP contribution in [0.2, 0.25) is 0 Å². The van der Waals surface area contributed by atoms with Crippen molar-refractivity contribution in [1.82, 2.24) is 0 Å². The quantitative estimate of drug-likeness (QED) is 0.793. The van der Waals surface area contributed by atoms with Crippen LogP contribution in [0, 0.1) is 0 Å². The zero-order valence-corrected chi connectivity index (χ0v) is 13.2. The first-order chi connectivity index (χ1) is 11.0. The third kappa shape index (κ3) is 4.17. The van der Waals surface area contributed by atoms with Crippen LogP contribution in [0.3, 0.4) is 0 Å². The molecule has 0 unspecified atom stereocenters. The second-order valence-electron chi connectivity index (χ2n) is 4.65. The zero-order valence-electron chi connectivity index (χ0n) is 12.4. The van der Waals surface area contributed by atoms with Crippen molar-refractivity contribution in [3.8, 4) is 11.1 Å². The van der Waals surface area contributed by atoms with E-state index in [9.17, 15) is 14.4 Å². The highest BCUT2D eigenvalue weighted by Crippen LogP contribution is 2.36. The Morgan fingerprint density at radius 2 is 1.87 bits per heavy atom. The van der Waals surface area contributed by atoms with Gasteiger partial charge in [0.1, 0.15) is 10.6 Å². The number of hydrogen-bond donors (Lipinski definition) is 2. The Balaban J connectivity index is 2.30. The number of esters is 1. The van der Waals surface area contributed by atoms with Crippen molar-refractivity contribution in [3.63, 3.8) is 0 Å². The van der Waals surface area contributed by atoms with Crippen molar-refractivity contribution in [1.29, 1.82) is 0 Å². The summed E-state index contributed by atoms with van der Waals surface area (Å²) in [6.07, 6.45) is -0.426. The molecule has 1 aromatic heterocycles. The van der Waals surface area contributed by atoms with E-state index in [-0.39, 0.29) is 18.4 Å². The summed E-state index contributed by atoms with van der Waals surface area (Å²) in [5.74, 6) is -2.07. The number of aliphatic carboxylic acids is 1. The van der Waals surface area contributed by atoms with E-state index in [0.29, 0.717) is 10.6 Å². The number of rotatable bonds is 6. The molecule has 23 heavy (non-hydrogen) atoms. The largest absolute Gasteiger partial charge is 0.481 e. The number of carboxylic acid groups (broad SMARTS) is 1. The topological polar surface area (TPSA) is 92.7 Å². The van der Waals surface area contributed by atoms with E-state index in [0.717, 1.165) is 5.56 Å². The fourth-order valence-electron chi connectivity index (χ4n) is 1.99. The number of hydrogen-bond acceptors (Lipinski definition) is 5. The van der Waals surface area contributed by atoms with Crippen LogP contribution in [0.4, 0.5) is 5.00 Å². The minimum absolute atomic E-state index is 0.158. The van der Waals surface area contributed by atoms with Crippen LogP contribution in [0.25, 0.3) is 11.1 Å². The third-order valence-electron chi connectivity index (χ3n) is 3.08. The molecule has 0 atom stereocenters. The van der Waals surface area contributed by atoms with Crippen LogP contribution >= 0.6 is 11.3 Å². The normalized spacial score (nSPS) is 10.1. The second kappa shape index (κ2) is 7.55. The summed E-state index contributed by atoms with van der Waals surface area (Å²) in [6.45, 7) is 0. The Kier molecular flexibility index (Phi) is 5.48. The zero-order chi connectivity index (χ0) is 16.8. The first-order valence-electron chi connectivity index (χ1n) is 6.79. The highest BCUT2D eigenvalue weighted by atomic mass is 32.1. The Labute approximate surface area is 136 Å². The standard InChI is InChI=1S/C16H15NO5S/c1-22-16(21)14-11(10-5-3-2-4-6-10)9-23-15(14)17-12(18)7-8-13(19)20/h2-6,9H,7-8H2,1H3,(H,17,18)(H,19,20). The monoisotopic (exact) mass is 333 g/mol. The van der Waals surface area contributed by atoms with Crippen molar-refractivity contribution in [2.45, 2.75) is 12.8 Å². The Hall–Kier alpha value is -2.67. The first kappa shape index (κ1) is 16.7. The number of nitrogens with one attached hydrogen (secondary N) is 1. The number of ether oxygens (including phenoxy) is 1. The molecular weight excluding hydrogens is 318 g/mol. The van der Waals surface area contributed by atoms with E-state index in [4.69, 9.17) is 9.84 Å². The molecule has 1 heterocycles. The number of benzene rings is 1. The average molecular weight is 333 g/mol. The molecule has 1 amide bonds. The molecule has 0 fully saturated rings. The first-order valence-corrected chi connectivity index (χ1v) is 7.67. The number of carbonyl (C=O) groups excluding carboxylic acids is 2. The van der Waals surface area contributed by atoms with Crippen LogP contribution in [0.5, 0.6) is 0 Å². The van der Waals surface area contributed by atoms with E-state index in [1.165, 1.54) is 18.4 Å². The second-order valence-corrected chi connectivity index (χ2v) is 5.53. The van der Waals surface area contributed by atoms with E-state index in [1.807, 2.05) is 30.3 Å². The summed E-state index contributed by atoms with van der Waals surface area (Å²) >= 11 is 1.20. The fraction of sp³-hybridized carbons (Fsp3) is 0.188. The molecule has 7 heteroatoms. The van der Waals surface area contributed by atoms with E-state index < -0.39 is 17.8 Å². The molecule has 0 saturated heterocycles. The Morgan fingerprint density at radius 3 is 2.48 bits per heavy atom. The predicted molar refractivity (Wildman–Crippen MR) is 86.6 cm³/mol. The third-order valence-corrected chi connectivity index (χ3v) is 3.98. The summed E-state index contributed by atoms with van der Waals surface area (Å²) < 4.78 is 4.80.